The van der Waals surface area contributed by atoms with E-state index in [0.29, 0.717) is 0 Å². The number of nitrogens with one attached hydrogen (secondary N) is 1. The lowest BCUT2D eigenvalue weighted by Crippen LogP contribution is -1.92. The minimum Gasteiger partial charge on any atom is -0.376 e. The first kappa shape index (κ1) is 13.1. The Labute approximate surface area is 109 Å². The van der Waals surface area contributed by atoms with Gasteiger partial charge in [0, 0.05) is 6.61 Å². The Kier molecular flexibility index (Phi) is 5.21. The summed E-state index contributed by atoms with van der Waals surface area (Å²) in [7, 11) is 0. The van der Waals surface area contributed by atoms with Crippen molar-refractivity contribution >= 4 is 11.0 Å². The zero-order valence-corrected chi connectivity index (χ0v) is 11.0. The minimum atomic E-state index is 0.857. The third-order valence-electron chi connectivity index (χ3n) is 3.01. The summed E-state index contributed by atoms with van der Waals surface area (Å²) in [6, 6.07) is 6.42. The fourth-order valence-electron chi connectivity index (χ4n) is 1.92. The maximum absolute atomic E-state index is 5.43. The summed E-state index contributed by atoms with van der Waals surface area (Å²) in [5.41, 5.74) is 3.50. The predicted molar refractivity (Wildman–Crippen MR) is 74.2 cm³/mol. The molecule has 3 nitrogen and oxygen atoms in total. The molecule has 1 aromatic heterocycles. The van der Waals surface area contributed by atoms with Crippen molar-refractivity contribution in [2.75, 3.05) is 6.61 Å². The van der Waals surface area contributed by atoms with E-state index in [1.54, 1.807) is 6.33 Å². The molecule has 1 aromatic carbocycles. The van der Waals surface area contributed by atoms with E-state index in [9.17, 15) is 0 Å². The Balaban J connectivity index is 1.67. The number of aryl methyl sites for hydroxylation is 1. The van der Waals surface area contributed by atoms with Crippen LogP contribution in [0, 0.1) is 6.61 Å². The highest BCUT2D eigenvalue weighted by atomic mass is 16.5. The summed E-state index contributed by atoms with van der Waals surface area (Å²) >= 11 is 0. The van der Waals surface area contributed by atoms with E-state index in [4.69, 9.17) is 4.74 Å². The fraction of sp³-hybridized carbons (Fsp3) is 0.467. The molecule has 0 aliphatic rings. The number of fused-ring (bicyclic) bond motifs is 1. The molecule has 0 spiro atoms. The molecule has 0 atom stereocenters. The van der Waals surface area contributed by atoms with Gasteiger partial charge in [-0.25, -0.2) is 4.98 Å². The molecule has 0 aliphatic carbocycles. The number of aromatic nitrogens is 2. The van der Waals surface area contributed by atoms with Gasteiger partial charge in [-0.15, -0.1) is 0 Å². The number of rotatable bonds is 8. The van der Waals surface area contributed by atoms with Crippen molar-refractivity contribution in [3.63, 3.8) is 0 Å². The molecule has 0 saturated carbocycles. The van der Waals surface area contributed by atoms with Gasteiger partial charge in [-0.05, 0) is 43.4 Å². The van der Waals surface area contributed by atoms with Crippen molar-refractivity contribution < 1.29 is 4.74 Å². The van der Waals surface area contributed by atoms with E-state index in [-0.39, 0.29) is 0 Å². The van der Waals surface area contributed by atoms with Crippen LogP contribution >= 0.6 is 0 Å². The molecular weight excluding hydrogens is 224 g/mol. The first-order chi connectivity index (χ1) is 8.90. The molecule has 0 saturated heterocycles. The van der Waals surface area contributed by atoms with Crippen molar-refractivity contribution in [2.45, 2.75) is 39.0 Å². The lowest BCUT2D eigenvalue weighted by molar-refractivity contribution is 0.186. The highest BCUT2D eigenvalue weighted by molar-refractivity contribution is 5.74. The summed E-state index contributed by atoms with van der Waals surface area (Å²) in [6.45, 7) is 4.98. The molecular formula is C15H21N2O. The SMILES string of the molecule is CCCCO[CH]CCCc1ccc2[nH]cnc2c1. The second kappa shape index (κ2) is 7.17. The number of benzene rings is 1. The van der Waals surface area contributed by atoms with E-state index < -0.39 is 0 Å². The maximum Gasteiger partial charge on any atom is 0.0931 e. The summed E-state index contributed by atoms with van der Waals surface area (Å²) < 4.78 is 5.43. The zero-order valence-electron chi connectivity index (χ0n) is 11.0. The topological polar surface area (TPSA) is 37.9 Å². The van der Waals surface area contributed by atoms with Gasteiger partial charge in [0.05, 0.1) is 24.0 Å². The monoisotopic (exact) mass is 245 g/mol. The number of ether oxygens (including phenoxy) is 1. The molecule has 18 heavy (non-hydrogen) atoms. The van der Waals surface area contributed by atoms with Crippen molar-refractivity contribution in [1.82, 2.24) is 9.97 Å². The third kappa shape index (κ3) is 3.84. The molecule has 1 heterocycles. The van der Waals surface area contributed by atoms with Gasteiger partial charge < -0.3 is 9.72 Å². The Hall–Kier alpha value is -1.35. The lowest BCUT2D eigenvalue weighted by atomic mass is 10.1. The smallest absolute Gasteiger partial charge is 0.0931 e. The van der Waals surface area contributed by atoms with E-state index in [0.717, 1.165) is 43.3 Å². The fourth-order valence-corrected chi connectivity index (χ4v) is 1.92. The number of hydrogen-bond donors (Lipinski definition) is 1. The lowest BCUT2D eigenvalue weighted by Gasteiger charge is -2.03. The molecule has 1 N–H and O–H groups in total. The molecule has 3 heteroatoms. The first-order valence-electron chi connectivity index (χ1n) is 6.75. The van der Waals surface area contributed by atoms with Crippen LogP contribution in [0.2, 0.25) is 0 Å². The van der Waals surface area contributed by atoms with Gasteiger partial charge in [0.15, 0.2) is 0 Å². The summed E-state index contributed by atoms with van der Waals surface area (Å²) in [6.07, 6.45) is 7.30. The van der Waals surface area contributed by atoms with E-state index >= 15 is 0 Å². The molecule has 2 aromatic rings. The quantitative estimate of drug-likeness (QED) is 0.717. The van der Waals surface area contributed by atoms with Crippen LogP contribution < -0.4 is 0 Å². The zero-order chi connectivity index (χ0) is 12.6. The van der Waals surface area contributed by atoms with Crippen LogP contribution in [0.4, 0.5) is 0 Å². The minimum absolute atomic E-state index is 0.857. The predicted octanol–water partition coefficient (Wildman–Crippen LogP) is 3.86. The van der Waals surface area contributed by atoms with E-state index in [1.165, 1.54) is 12.0 Å². The van der Waals surface area contributed by atoms with Gasteiger partial charge >= 0.3 is 0 Å². The average molecular weight is 245 g/mol. The molecule has 97 valence electrons. The Bertz CT molecular complexity index is 464. The van der Waals surface area contributed by atoms with Gasteiger partial charge in [-0.3, -0.25) is 0 Å². The van der Waals surface area contributed by atoms with Crippen LogP contribution in [0.15, 0.2) is 24.5 Å². The molecule has 0 fully saturated rings. The van der Waals surface area contributed by atoms with E-state index in [2.05, 4.69) is 35.1 Å². The van der Waals surface area contributed by atoms with Gasteiger partial charge in [0.2, 0.25) is 0 Å². The number of H-pyrrole nitrogens is 1. The van der Waals surface area contributed by atoms with Crippen LogP contribution in [0.5, 0.6) is 0 Å². The van der Waals surface area contributed by atoms with Gasteiger partial charge in [-0.2, -0.15) is 0 Å². The first-order valence-corrected chi connectivity index (χ1v) is 6.75. The highest BCUT2D eigenvalue weighted by Gasteiger charge is 1.99. The Morgan fingerprint density at radius 2 is 2.28 bits per heavy atom. The van der Waals surface area contributed by atoms with Crippen molar-refractivity contribution in [1.29, 1.82) is 0 Å². The number of aromatic amines is 1. The Morgan fingerprint density at radius 1 is 1.33 bits per heavy atom. The summed E-state index contributed by atoms with van der Waals surface area (Å²) in [5.74, 6) is 0. The van der Waals surface area contributed by atoms with Gasteiger partial charge in [-0.1, -0.05) is 19.4 Å². The van der Waals surface area contributed by atoms with E-state index in [1.807, 2.05) is 6.61 Å². The average Bonchev–Trinajstić information content (AvgIpc) is 2.85. The van der Waals surface area contributed by atoms with Gasteiger partial charge in [0.25, 0.3) is 0 Å². The number of hydrogen-bond acceptors (Lipinski definition) is 2. The van der Waals surface area contributed by atoms with Crippen LogP contribution in [0.1, 0.15) is 38.2 Å². The Morgan fingerprint density at radius 3 is 3.17 bits per heavy atom. The highest BCUT2D eigenvalue weighted by Crippen LogP contribution is 2.14. The van der Waals surface area contributed by atoms with Crippen molar-refractivity contribution in [2.24, 2.45) is 0 Å². The van der Waals surface area contributed by atoms with Crippen LogP contribution in [0.3, 0.4) is 0 Å². The second-order valence-corrected chi connectivity index (χ2v) is 4.54. The molecule has 0 unspecified atom stereocenters. The summed E-state index contributed by atoms with van der Waals surface area (Å²) in [5, 5.41) is 0. The number of nitrogens with zero attached hydrogens (tertiary/aromatic N) is 1. The molecule has 2 rings (SSSR count). The van der Waals surface area contributed by atoms with Crippen LogP contribution in [0.25, 0.3) is 11.0 Å². The molecule has 0 aliphatic heterocycles. The normalized spacial score (nSPS) is 11.2. The molecule has 1 radical (unpaired) electrons. The molecule has 0 bridgehead atoms. The second-order valence-electron chi connectivity index (χ2n) is 4.54. The molecule has 0 amide bonds. The van der Waals surface area contributed by atoms with Gasteiger partial charge in [0.1, 0.15) is 0 Å². The van der Waals surface area contributed by atoms with Crippen LogP contribution in [-0.2, 0) is 11.2 Å². The number of unbranched alkanes of at least 4 members (excludes halogenated alkanes) is 2. The van der Waals surface area contributed by atoms with Crippen LogP contribution in [-0.4, -0.2) is 16.6 Å². The largest absolute Gasteiger partial charge is 0.376 e. The van der Waals surface area contributed by atoms with Crippen molar-refractivity contribution in [3.05, 3.63) is 36.7 Å². The summed E-state index contributed by atoms with van der Waals surface area (Å²) in [4.78, 5) is 7.37. The third-order valence-corrected chi connectivity index (χ3v) is 3.01. The van der Waals surface area contributed by atoms with Crippen molar-refractivity contribution in [3.8, 4) is 0 Å². The number of imidazole rings is 1. The maximum atomic E-state index is 5.43. The standard InChI is InChI=1S/C15H21N2O/c1-2-3-9-18-10-5-4-6-13-7-8-14-15(11-13)17-12-16-14/h7-8,10-12H,2-6,9H2,1H3,(H,16,17).